The first kappa shape index (κ1) is 9.95. The predicted molar refractivity (Wildman–Crippen MR) is 47.7 cm³/mol. The smallest absolute Gasteiger partial charge is 0.227 e. The SMILES string of the molecule is O=[N+]([O-])C1(C/C=N/O)CCCCC1. The highest BCUT2D eigenvalue weighted by Gasteiger charge is 2.42. The van der Waals surface area contributed by atoms with Gasteiger partial charge in [0.2, 0.25) is 5.54 Å². The Bertz CT molecular complexity index is 209. The van der Waals surface area contributed by atoms with Crippen molar-refractivity contribution in [3.8, 4) is 0 Å². The second-order valence-electron chi connectivity index (χ2n) is 3.54. The number of nitro groups is 1. The molecule has 0 saturated heterocycles. The molecule has 1 fully saturated rings. The van der Waals surface area contributed by atoms with E-state index in [9.17, 15) is 10.1 Å². The molecule has 5 heteroatoms. The molecule has 0 heterocycles. The van der Waals surface area contributed by atoms with Gasteiger partial charge in [-0.25, -0.2) is 0 Å². The molecule has 1 rings (SSSR count). The molecule has 0 aromatic carbocycles. The van der Waals surface area contributed by atoms with Gasteiger partial charge in [-0.3, -0.25) is 10.1 Å². The molecule has 0 aliphatic heterocycles. The summed E-state index contributed by atoms with van der Waals surface area (Å²) in [6, 6.07) is 0. The lowest BCUT2D eigenvalue weighted by Gasteiger charge is -2.27. The van der Waals surface area contributed by atoms with Crippen molar-refractivity contribution >= 4 is 6.21 Å². The van der Waals surface area contributed by atoms with Crippen LogP contribution in [0.2, 0.25) is 0 Å². The zero-order valence-electron chi connectivity index (χ0n) is 7.48. The summed E-state index contributed by atoms with van der Waals surface area (Å²) >= 11 is 0. The van der Waals surface area contributed by atoms with Gasteiger partial charge in [0.1, 0.15) is 0 Å². The van der Waals surface area contributed by atoms with Crippen LogP contribution in [0.1, 0.15) is 38.5 Å². The van der Waals surface area contributed by atoms with Gasteiger partial charge in [0, 0.05) is 17.8 Å². The van der Waals surface area contributed by atoms with E-state index in [1.807, 2.05) is 0 Å². The molecule has 74 valence electrons. The molecule has 0 radical (unpaired) electrons. The van der Waals surface area contributed by atoms with Crippen LogP contribution in [0.4, 0.5) is 0 Å². The highest BCUT2D eigenvalue weighted by molar-refractivity contribution is 5.57. The van der Waals surface area contributed by atoms with E-state index in [2.05, 4.69) is 5.16 Å². The van der Waals surface area contributed by atoms with Crippen LogP contribution in [0.3, 0.4) is 0 Å². The summed E-state index contributed by atoms with van der Waals surface area (Å²) in [5, 5.41) is 21.9. The van der Waals surface area contributed by atoms with Gasteiger partial charge in [0.05, 0.1) is 12.6 Å². The normalized spacial score (nSPS) is 21.8. The van der Waals surface area contributed by atoms with Gasteiger partial charge in [-0.1, -0.05) is 6.42 Å². The number of nitrogens with zero attached hydrogens (tertiary/aromatic N) is 2. The van der Waals surface area contributed by atoms with Crippen molar-refractivity contribution < 1.29 is 10.1 Å². The van der Waals surface area contributed by atoms with Crippen LogP contribution < -0.4 is 0 Å². The van der Waals surface area contributed by atoms with Crippen LogP contribution in [0.25, 0.3) is 0 Å². The van der Waals surface area contributed by atoms with E-state index in [4.69, 9.17) is 5.21 Å². The topological polar surface area (TPSA) is 75.7 Å². The Kier molecular flexibility index (Phi) is 3.22. The first-order valence-electron chi connectivity index (χ1n) is 4.52. The maximum Gasteiger partial charge on any atom is 0.227 e. The van der Waals surface area contributed by atoms with E-state index >= 15 is 0 Å². The fraction of sp³-hybridized carbons (Fsp3) is 0.875. The molecule has 1 aliphatic carbocycles. The zero-order chi connectivity index (χ0) is 9.73. The second kappa shape index (κ2) is 4.20. The van der Waals surface area contributed by atoms with Gasteiger partial charge in [-0.05, 0) is 12.8 Å². The molecule has 0 unspecified atom stereocenters. The fourth-order valence-corrected chi connectivity index (χ4v) is 1.88. The van der Waals surface area contributed by atoms with Crippen molar-refractivity contribution in [2.24, 2.45) is 5.16 Å². The zero-order valence-corrected chi connectivity index (χ0v) is 7.48. The van der Waals surface area contributed by atoms with Gasteiger partial charge >= 0.3 is 0 Å². The summed E-state index contributed by atoms with van der Waals surface area (Å²) in [7, 11) is 0. The van der Waals surface area contributed by atoms with Gasteiger partial charge in [-0.2, -0.15) is 0 Å². The first-order valence-corrected chi connectivity index (χ1v) is 4.52. The Morgan fingerprint density at radius 2 is 2.08 bits per heavy atom. The van der Waals surface area contributed by atoms with Crippen molar-refractivity contribution in [3.63, 3.8) is 0 Å². The van der Waals surface area contributed by atoms with Crippen LogP contribution in [0, 0.1) is 10.1 Å². The van der Waals surface area contributed by atoms with E-state index in [1.165, 1.54) is 6.21 Å². The van der Waals surface area contributed by atoms with Crippen LogP contribution in [0.15, 0.2) is 5.16 Å². The van der Waals surface area contributed by atoms with Gasteiger partial charge in [0.25, 0.3) is 0 Å². The molecule has 0 spiro atoms. The minimum absolute atomic E-state index is 0.214. The van der Waals surface area contributed by atoms with Crippen LogP contribution in [-0.4, -0.2) is 21.9 Å². The Labute approximate surface area is 76.6 Å². The van der Waals surface area contributed by atoms with Crippen LogP contribution in [0.5, 0.6) is 0 Å². The lowest BCUT2D eigenvalue weighted by atomic mass is 9.80. The largest absolute Gasteiger partial charge is 0.411 e. The van der Waals surface area contributed by atoms with Crippen molar-refractivity contribution in [2.45, 2.75) is 44.1 Å². The minimum atomic E-state index is -0.857. The summed E-state index contributed by atoms with van der Waals surface area (Å²) < 4.78 is 0. The molecule has 1 saturated carbocycles. The number of rotatable bonds is 3. The molecule has 1 N–H and O–H groups in total. The third-order valence-corrected chi connectivity index (χ3v) is 2.72. The molecule has 0 atom stereocenters. The van der Waals surface area contributed by atoms with Crippen LogP contribution in [-0.2, 0) is 0 Å². The molecule has 5 nitrogen and oxygen atoms in total. The molecular weight excluding hydrogens is 172 g/mol. The number of hydrogen-bond acceptors (Lipinski definition) is 4. The minimum Gasteiger partial charge on any atom is -0.411 e. The summed E-state index contributed by atoms with van der Waals surface area (Å²) in [5.74, 6) is 0. The maximum absolute atomic E-state index is 10.8. The number of oxime groups is 1. The number of hydrogen-bond donors (Lipinski definition) is 1. The van der Waals surface area contributed by atoms with Crippen molar-refractivity contribution in [1.82, 2.24) is 0 Å². The molecule has 0 aromatic heterocycles. The quantitative estimate of drug-likeness (QED) is 0.316. The summed E-state index contributed by atoms with van der Waals surface area (Å²) in [5.41, 5.74) is -0.857. The monoisotopic (exact) mass is 186 g/mol. The Morgan fingerprint density at radius 3 is 2.54 bits per heavy atom. The van der Waals surface area contributed by atoms with E-state index in [0.29, 0.717) is 12.8 Å². The van der Waals surface area contributed by atoms with E-state index in [0.717, 1.165) is 19.3 Å². The molecule has 0 bridgehead atoms. The van der Waals surface area contributed by atoms with Crippen molar-refractivity contribution in [1.29, 1.82) is 0 Å². The molecule has 0 aromatic rings. The lowest BCUT2D eigenvalue weighted by molar-refractivity contribution is -0.572. The average Bonchev–Trinajstić information content (AvgIpc) is 2.16. The van der Waals surface area contributed by atoms with Crippen LogP contribution >= 0.6 is 0 Å². The van der Waals surface area contributed by atoms with Gasteiger partial charge in [0.15, 0.2) is 0 Å². The maximum atomic E-state index is 10.8. The highest BCUT2D eigenvalue weighted by atomic mass is 16.6. The standard InChI is InChI=1S/C8H14N2O3/c11-9-7-6-8(10(12)13)4-2-1-3-5-8/h7,11H,1-6H2/b9-7+. The Balaban J connectivity index is 2.67. The summed E-state index contributed by atoms with van der Waals surface area (Å²) in [6.07, 6.45) is 5.56. The molecule has 0 amide bonds. The van der Waals surface area contributed by atoms with E-state index in [-0.39, 0.29) is 11.3 Å². The summed E-state index contributed by atoms with van der Waals surface area (Å²) in [6.45, 7) is 0. The molecule has 13 heavy (non-hydrogen) atoms. The van der Waals surface area contributed by atoms with Crippen molar-refractivity contribution in [3.05, 3.63) is 10.1 Å². The molecule has 1 aliphatic rings. The van der Waals surface area contributed by atoms with E-state index in [1.54, 1.807) is 0 Å². The van der Waals surface area contributed by atoms with Crippen molar-refractivity contribution in [2.75, 3.05) is 0 Å². The van der Waals surface area contributed by atoms with Gasteiger partial charge < -0.3 is 5.21 Å². The lowest BCUT2D eigenvalue weighted by Crippen LogP contribution is -2.40. The highest BCUT2D eigenvalue weighted by Crippen LogP contribution is 2.33. The average molecular weight is 186 g/mol. The predicted octanol–water partition coefficient (Wildman–Crippen LogP) is 1.82. The first-order chi connectivity index (χ1) is 6.21. The summed E-state index contributed by atoms with van der Waals surface area (Å²) in [4.78, 5) is 10.6. The Morgan fingerprint density at radius 1 is 1.46 bits per heavy atom. The fourth-order valence-electron chi connectivity index (χ4n) is 1.88. The third kappa shape index (κ3) is 2.17. The van der Waals surface area contributed by atoms with E-state index < -0.39 is 5.54 Å². The second-order valence-corrected chi connectivity index (χ2v) is 3.54. The Hall–Kier alpha value is -1.13. The van der Waals surface area contributed by atoms with Gasteiger partial charge in [-0.15, -0.1) is 5.16 Å². The third-order valence-electron chi connectivity index (χ3n) is 2.72. The molecular formula is C8H14N2O3.